The normalized spacial score (nSPS) is 11.1. The lowest BCUT2D eigenvalue weighted by Crippen LogP contribution is -2.33. The summed E-state index contributed by atoms with van der Waals surface area (Å²) in [5.41, 5.74) is 1.88. The third-order valence-corrected chi connectivity index (χ3v) is 4.01. The van der Waals surface area contributed by atoms with E-state index in [2.05, 4.69) is 55.5 Å². The Morgan fingerprint density at radius 3 is 1.45 bits per heavy atom. The Morgan fingerprint density at radius 1 is 0.636 bits per heavy atom. The standard InChI is InChI=1S/C21H20O/c1-2-21(18-12-6-3-7-13-18,19-14-8-4-9-15-19)22-20-16-10-5-11-17-20/h3-17H,2H2,1H3. The van der Waals surface area contributed by atoms with Crippen molar-refractivity contribution in [3.63, 3.8) is 0 Å². The topological polar surface area (TPSA) is 9.23 Å². The van der Waals surface area contributed by atoms with E-state index in [1.54, 1.807) is 0 Å². The summed E-state index contributed by atoms with van der Waals surface area (Å²) in [5, 5.41) is 0. The second kappa shape index (κ2) is 6.48. The zero-order chi connectivity index (χ0) is 15.3. The van der Waals surface area contributed by atoms with E-state index >= 15 is 0 Å². The average molecular weight is 288 g/mol. The van der Waals surface area contributed by atoms with Gasteiger partial charge in [-0.1, -0.05) is 85.8 Å². The Kier molecular flexibility index (Phi) is 4.24. The van der Waals surface area contributed by atoms with Gasteiger partial charge in [0, 0.05) is 0 Å². The molecular formula is C21H20O. The monoisotopic (exact) mass is 288 g/mol. The highest BCUT2D eigenvalue weighted by Crippen LogP contribution is 2.37. The summed E-state index contributed by atoms with van der Waals surface area (Å²) in [7, 11) is 0. The van der Waals surface area contributed by atoms with Crippen LogP contribution in [0.5, 0.6) is 5.75 Å². The van der Waals surface area contributed by atoms with E-state index in [0.717, 1.165) is 12.2 Å². The van der Waals surface area contributed by atoms with E-state index in [9.17, 15) is 0 Å². The fraction of sp³-hybridized carbons (Fsp3) is 0.143. The highest BCUT2D eigenvalue weighted by molar-refractivity contribution is 5.38. The molecule has 0 atom stereocenters. The van der Waals surface area contributed by atoms with E-state index in [4.69, 9.17) is 4.74 Å². The first kappa shape index (κ1) is 14.4. The number of hydrogen-bond donors (Lipinski definition) is 0. The minimum atomic E-state index is -0.468. The highest BCUT2D eigenvalue weighted by atomic mass is 16.5. The number of ether oxygens (including phenoxy) is 1. The molecule has 0 radical (unpaired) electrons. The fourth-order valence-electron chi connectivity index (χ4n) is 2.87. The number of benzene rings is 3. The Hall–Kier alpha value is -2.54. The minimum absolute atomic E-state index is 0.468. The van der Waals surface area contributed by atoms with Crippen LogP contribution in [-0.4, -0.2) is 0 Å². The van der Waals surface area contributed by atoms with Crippen molar-refractivity contribution in [2.45, 2.75) is 18.9 Å². The molecule has 0 heterocycles. The van der Waals surface area contributed by atoms with Gasteiger partial charge in [-0.3, -0.25) is 0 Å². The predicted molar refractivity (Wildman–Crippen MR) is 91.0 cm³/mol. The molecule has 0 N–H and O–H groups in total. The minimum Gasteiger partial charge on any atom is -0.478 e. The van der Waals surface area contributed by atoms with Crippen molar-refractivity contribution in [3.05, 3.63) is 102 Å². The van der Waals surface area contributed by atoms with Crippen molar-refractivity contribution < 1.29 is 4.74 Å². The van der Waals surface area contributed by atoms with Gasteiger partial charge in [0.1, 0.15) is 5.75 Å². The van der Waals surface area contributed by atoms with Crippen LogP contribution < -0.4 is 4.74 Å². The predicted octanol–water partition coefficient (Wildman–Crippen LogP) is 5.42. The van der Waals surface area contributed by atoms with Gasteiger partial charge < -0.3 is 4.74 Å². The first-order valence-corrected chi connectivity index (χ1v) is 7.70. The molecule has 0 saturated heterocycles. The maximum Gasteiger partial charge on any atom is 0.159 e. The third kappa shape index (κ3) is 2.75. The number of hydrogen-bond acceptors (Lipinski definition) is 1. The molecule has 3 aromatic rings. The average Bonchev–Trinajstić information content (AvgIpc) is 2.62. The Labute approximate surface area is 132 Å². The van der Waals surface area contributed by atoms with Crippen LogP contribution in [0.15, 0.2) is 91.0 Å². The second-order valence-corrected chi connectivity index (χ2v) is 5.33. The van der Waals surface area contributed by atoms with Crippen molar-refractivity contribution in [1.29, 1.82) is 0 Å². The first-order chi connectivity index (χ1) is 10.8. The van der Waals surface area contributed by atoms with Gasteiger partial charge in [-0.15, -0.1) is 0 Å². The van der Waals surface area contributed by atoms with Crippen molar-refractivity contribution in [3.8, 4) is 5.75 Å². The molecule has 0 spiro atoms. The number of para-hydroxylation sites is 1. The Balaban J connectivity index is 2.13. The Bertz CT molecular complexity index is 650. The summed E-state index contributed by atoms with van der Waals surface area (Å²) in [5.74, 6) is 0.886. The summed E-state index contributed by atoms with van der Waals surface area (Å²) in [6.45, 7) is 2.17. The highest BCUT2D eigenvalue weighted by Gasteiger charge is 2.34. The molecule has 0 aliphatic heterocycles. The van der Waals surface area contributed by atoms with Crippen LogP contribution in [0, 0.1) is 0 Å². The van der Waals surface area contributed by atoms with Gasteiger partial charge in [-0.25, -0.2) is 0 Å². The molecule has 22 heavy (non-hydrogen) atoms. The summed E-state index contributed by atoms with van der Waals surface area (Å²) >= 11 is 0. The molecular weight excluding hydrogens is 268 g/mol. The molecule has 0 fully saturated rings. The van der Waals surface area contributed by atoms with Gasteiger partial charge in [0.2, 0.25) is 0 Å². The molecule has 3 rings (SSSR count). The van der Waals surface area contributed by atoms with Crippen LogP contribution in [0.25, 0.3) is 0 Å². The SMILES string of the molecule is CCC(Oc1ccccc1)(c1ccccc1)c1ccccc1. The molecule has 0 amide bonds. The second-order valence-electron chi connectivity index (χ2n) is 5.33. The van der Waals surface area contributed by atoms with Crippen LogP contribution in [0.2, 0.25) is 0 Å². The van der Waals surface area contributed by atoms with Crippen molar-refractivity contribution >= 4 is 0 Å². The Morgan fingerprint density at radius 2 is 1.05 bits per heavy atom. The zero-order valence-corrected chi connectivity index (χ0v) is 12.8. The van der Waals surface area contributed by atoms with E-state index in [-0.39, 0.29) is 0 Å². The van der Waals surface area contributed by atoms with Gasteiger partial charge in [-0.05, 0) is 29.7 Å². The van der Waals surface area contributed by atoms with E-state index in [1.165, 1.54) is 11.1 Å². The fourth-order valence-corrected chi connectivity index (χ4v) is 2.87. The van der Waals surface area contributed by atoms with Crippen LogP contribution in [0.4, 0.5) is 0 Å². The molecule has 3 aromatic carbocycles. The lowest BCUT2D eigenvalue weighted by molar-refractivity contribution is 0.106. The molecule has 0 unspecified atom stereocenters. The quantitative estimate of drug-likeness (QED) is 0.609. The molecule has 0 saturated carbocycles. The molecule has 110 valence electrons. The molecule has 0 bridgehead atoms. The summed E-state index contributed by atoms with van der Waals surface area (Å²) in [6.07, 6.45) is 0.857. The van der Waals surface area contributed by atoms with E-state index < -0.39 is 5.60 Å². The lowest BCUT2D eigenvalue weighted by atomic mass is 9.83. The molecule has 1 heteroatoms. The summed E-state index contributed by atoms with van der Waals surface area (Å²) in [4.78, 5) is 0. The van der Waals surface area contributed by atoms with E-state index in [0.29, 0.717) is 0 Å². The van der Waals surface area contributed by atoms with Crippen LogP contribution >= 0.6 is 0 Å². The molecule has 0 aliphatic carbocycles. The molecule has 1 nitrogen and oxygen atoms in total. The van der Waals surface area contributed by atoms with E-state index in [1.807, 2.05) is 42.5 Å². The van der Waals surface area contributed by atoms with Gasteiger partial charge in [0.15, 0.2) is 5.60 Å². The maximum atomic E-state index is 6.52. The van der Waals surface area contributed by atoms with Crippen molar-refractivity contribution in [1.82, 2.24) is 0 Å². The van der Waals surface area contributed by atoms with Crippen LogP contribution in [0.3, 0.4) is 0 Å². The molecule has 0 aromatic heterocycles. The van der Waals surface area contributed by atoms with Gasteiger partial charge in [-0.2, -0.15) is 0 Å². The lowest BCUT2D eigenvalue weighted by Gasteiger charge is -2.35. The summed E-state index contributed by atoms with van der Waals surface area (Å²) < 4.78 is 6.52. The van der Waals surface area contributed by atoms with Gasteiger partial charge >= 0.3 is 0 Å². The first-order valence-electron chi connectivity index (χ1n) is 7.70. The zero-order valence-electron chi connectivity index (χ0n) is 12.8. The largest absolute Gasteiger partial charge is 0.478 e. The van der Waals surface area contributed by atoms with Crippen molar-refractivity contribution in [2.75, 3.05) is 0 Å². The van der Waals surface area contributed by atoms with Crippen molar-refractivity contribution in [2.24, 2.45) is 0 Å². The molecule has 0 aliphatic rings. The maximum absolute atomic E-state index is 6.52. The van der Waals surface area contributed by atoms with Crippen LogP contribution in [-0.2, 0) is 5.60 Å². The summed E-state index contributed by atoms with van der Waals surface area (Å²) in [6, 6.07) is 30.9. The smallest absolute Gasteiger partial charge is 0.159 e. The van der Waals surface area contributed by atoms with Crippen LogP contribution in [0.1, 0.15) is 24.5 Å². The third-order valence-electron chi connectivity index (χ3n) is 4.01. The van der Waals surface area contributed by atoms with Gasteiger partial charge in [0.25, 0.3) is 0 Å². The number of rotatable bonds is 5. The van der Waals surface area contributed by atoms with Gasteiger partial charge in [0.05, 0.1) is 0 Å².